The highest BCUT2D eigenvalue weighted by molar-refractivity contribution is 6.34. The van der Waals surface area contributed by atoms with E-state index in [0.29, 0.717) is 35.5 Å². The van der Waals surface area contributed by atoms with Crippen molar-refractivity contribution in [3.63, 3.8) is 0 Å². The van der Waals surface area contributed by atoms with Gasteiger partial charge in [-0.2, -0.15) is 5.10 Å². The van der Waals surface area contributed by atoms with Gasteiger partial charge in [0.25, 0.3) is 5.91 Å². The molecule has 2 aromatic heterocycles. The van der Waals surface area contributed by atoms with E-state index >= 15 is 0 Å². The van der Waals surface area contributed by atoms with Gasteiger partial charge in [-0.3, -0.25) is 9.59 Å². The lowest BCUT2D eigenvalue weighted by molar-refractivity contribution is -0.135. The highest BCUT2D eigenvalue weighted by atomic mass is 35.5. The number of nitrogens with zero attached hydrogens (tertiary/aromatic N) is 3. The van der Waals surface area contributed by atoms with Crippen LogP contribution in [0.3, 0.4) is 0 Å². The number of carbonyl (C=O) groups excluding carboxylic acids is 2. The number of carbonyl (C=O) groups is 2. The van der Waals surface area contributed by atoms with Crippen LogP contribution in [-0.2, 0) is 4.79 Å². The number of halogens is 3. The first-order chi connectivity index (χ1) is 12.9. The average molecular weight is 399 g/mol. The monoisotopic (exact) mass is 398 g/mol. The van der Waals surface area contributed by atoms with Gasteiger partial charge in [0, 0.05) is 37.7 Å². The third-order valence-electron chi connectivity index (χ3n) is 4.94. The van der Waals surface area contributed by atoms with Crippen LogP contribution in [0.1, 0.15) is 43.0 Å². The second kappa shape index (κ2) is 8.21. The molecule has 9 heteroatoms. The van der Waals surface area contributed by atoms with Gasteiger partial charge in [0.15, 0.2) is 0 Å². The Morgan fingerprint density at radius 1 is 1.44 bits per heavy atom. The van der Waals surface area contributed by atoms with Crippen LogP contribution in [-0.4, -0.2) is 51.4 Å². The molecule has 0 saturated carbocycles. The molecule has 1 fully saturated rings. The van der Waals surface area contributed by atoms with Crippen LogP contribution in [0, 0.1) is 0 Å². The summed E-state index contributed by atoms with van der Waals surface area (Å²) in [5.74, 6) is -0.627. The van der Waals surface area contributed by atoms with Gasteiger partial charge in [0.05, 0.1) is 22.3 Å². The van der Waals surface area contributed by atoms with Gasteiger partial charge in [-0.1, -0.05) is 11.6 Å². The zero-order chi connectivity index (χ0) is 19.6. The Morgan fingerprint density at radius 3 is 2.96 bits per heavy atom. The lowest BCUT2D eigenvalue weighted by Crippen LogP contribution is -2.55. The number of nitrogens with one attached hydrogen (secondary N) is 1. The van der Waals surface area contributed by atoms with Crippen molar-refractivity contribution in [3.05, 3.63) is 35.1 Å². The maximum atomic E-state index is 12.8. The van der Waals surface area contributed by atoms with Crippen molar-refractivity contribution in [2.45, 2.75) is 51.1 Å². The molecule has 1 aliphatic heterocycles. The normalized spacial score (nSPS) is 20.3. The summed E-state index contributed by atoms with van der Waals surface area (Å²) in [6.07, 6.45) is 1.43. The van der Waals surface area contributed by atoms with Gasteiger partial charge >= 0.3 is 0 Å². The SMILES string of the molecule is CC1C(NC(=O)c2cnn3cccc(Cl)c23)CCCN1C(=O)CCC(F)F. The average Bonchev–Trinajstić information content (AvgIpc) is 3.07. The Bertz CT molecular complexity index is 842. The lowest BCUT2D eigenvalue weighted by atomic mass is 9.96. The summed E-state index contributed by atoms with van der Waals surface area (Å²) in [4.78, 5) is 26.6. The molecule has 2 aromatic rings. The molecular weight excluding hydrogens is 378 g/mol. The molecule has 2 atom stereocenters. The van der Waals surface area contributed by atoms with Gasteiger partial charge in [-0.25, -0.2) is 13.3 Å². The van der Waals surface area contributed by atoms with E-state index in [-0.39, 0.29) is 30.3 Å². The number of piperidine rings is 1. The number of aromatic nitrogens is 2. The summed E-state index contributed by atoms with van der Waals surface area (Å²) in [6, 6.07) is 2.88. The number of hydrogen-bond acceptors (Lipinski definition) is 3. The van der Waals surface area contributed by atoms with Crippen LogP contribution in [0.5, 0.6) is 0 Å². The van der Waals surface area contributed by atoms with Gasteiger partial charge in [0.2, 0.25) is 12.3 Å². The minimum Gasteiger partial charge on any atom is -0.347 e. The highest BCUT2D eigenvalue weighted by Gasteiger charge is 2.32. The molecule has 27 heavy (non-hydrogen) atoms. The number of pyridine rings is 1. The summed E-state index contributed by atoms with van der Waals surface area (Å²) in [5.41, 5.74) is 0.874. The third kappa shape index (κ3) is 4.21. The molecule has 0 aromatic carbocycles. The molecule has 1 N–H and O–H groups in total. The molecule has 146 valence electrons. The molecule has 0 bridgehead atoms. The predicted octanol–water partition coefficient (Wildman–Crippen LogP) is 3.14. The van der Waals surface area contributed by atoms with E-state index in [9.17, 15) is 18.4 Å². The van der Waals surface area contributed by atoms with E-state index in [1.807, 2.05) is 6.92 Å². The largest absolute Gasteiger partial charge is 0.347 e. The minimum absolute atomic E-state index is 0.188. The molecule has 6 nitrogen and oxygen atoms in total. The Morgan fingerprint density at radius 2 is 2.22 bits per heavy atom. The highest BCUT2D eigenvalue weighted by Crippen LogP contribution is 2.23. The zero-order valence-corrected chi connectivity index (χ0v) is 15.6. The Labute approximate surface area is 160 Å². The Hall–Kier alpha value is -2.22. The zero-order valence-electron chi connectivity index (χ0n) is 14.9. The second-order valence-electron chi connectivity index (χ2n) is 6.69. The van der Waals surface area contributed by atoms with Crippen molar-refractivity contribution in [2.24, 2.45) is 0 Å². The van der Waals surface area contributed by atoms with Crippen LogP contribution in [0.25, 0.3) is 5.52 Å². The molecule has 2 unspecified atom stereocenters. The van der Waals surface area contributed by atoms with Gasteiger partial charge in [0.1, 0.15) is 0 Å². The third-order valence-corrected chi connectivity index (χ3v) is 5.24. The first-order valence-corrected chi connectivity index (χ1v) is 9.26. The van der Waals surface area contributed by atoms with E-state index in [2.05, 4.69) is 10.4 Å². The number of amides is 2. The molecule has 0 radical (unpaired) electrons. The van der Waals surface area contributed by atoms with Gasteiger partial charge in [-0.15, -0.1) is 0 Å². The number of fused-ring (bicyclic) bond motifs is 1. The van der Waals surface area contributed by atoms with Gasteiger partial charge < -0.3 is 10.2 Å². The van der Waals surface area contributed by atoms with E-state index < -0.39 is 12.8 Å². The fraction of sp³-hybridized carbons (Fsp3) is 0.500. The first-order valence-electron chi connectivity index (χ1n) is 8.89. The quantitative estimate of drug-likeness (QED) is 0.841. The Kier molecular flexibility index (Phi) is 5.94. The topological polar surface area (TPSA) is 66.7 Å². The fourth-order valence-corrected chi connectivity index (χ4v) is 3.74. The molecule has 0 spiro atoms. The van der Waals surface area contributed by atoms with E-state index in [4.69, 9.17) is 11.6 Å². The lowest BCUT2D eigenvalue weighted by Gasteiger charge is -2.39. The summed E-state index contributed by atoms with van der Waals surface area (Å²) < 4.78 is 26.3. The molecule has 3 rings (SSSR count). The van der Waals surface area contributed by atoms with Gasteiger partial charge in [-0.05, 0) is 31.9 Å². The van der Waals surface area contributed by atoms with Crippen LogP contribution in [0.4, 0.5) is 8.78 Å². The standard InChI is InChI=1S/C18H21ClF2N4O2/c1-11-14(5-3-8-24(11)16(26)7-6-15(20)21)23-18(27)12-10-22-25-9-2-4-13(19)17(12)25/h2,4,9-11,14-15H,3,5-8H2,1H3,(H,23,27). The summed E-state index contributed by atoms with van der Waals surface area (Å²) in [5, 5.41) is 7.50. The van der Waals surface area contributed by atoms with Crippen LogP contribution in [0.2, 0.25) is 5.02 Å². The molecule has 0 aliphatic carbocycles. The van der Waals surface area contributed by atoms with Crippen molar-refractivity contribution >= 4 is 28.9 Å². The van der Waals surface area contributed by atoms with E-state index in [0.717, 1.165) is 0 Å². The summed E-state index contributed by atoms with van der Waals surface area (Å²) in [6.45, 7) is 2.34. The van der Waals surface area contributed by atoms with Crippen LogP contribution < -0.4 is 5.32 Å². The second-order valence-corrected chi connectivity index (χ2v) is 7.09. The van der Waals surface area contributed by atoms with Crippen molar-refractivity contribution in [1.82, 2.24) is 19.8 Å². The predicted molar refractivity (Wildman–Crippen MR) is 97.1 cm³/mol. The minimum atomic E-state index is -2.50. The van der Waals surface area contributed by atoms with Crippen molar-refractivity contribution in [3.8, 4) is 0 Å². The smallest absolute Gasteiger partial charge is 0.255 e. The molecule has 1 saturated heterocycles. The van der Waals surface area contributed by atoms with Crippen molar-refractivity contribution < 1.29 is 18.4 Å². The maximum Gasteiger partial charge on any atom is 0.255 e. The van der Waals surface area contributed by atoms with Crippen LogP contribution >= 0.6 is 11.6 Å². The molecule has 1 aliphatic rings. The molecular formula is C18H21ClF2N4O2. The Balaban J connectivity index is 1.70. The van der Waals surface area contributed by atoms with Crippen molar-refractivity contribution in [1.29, 1.82) is 0 Å². The summed E-state index contributed by atoms with van der Waals surface area (Å²) in [7, 11) is 0. The molecule has 2 amide bonds. The number of alkyl halides is 2. The maximum absolute atomic E-state index is 12.8. The number of rotatable bonds is 5. The van der Waals surface area contributed by atoms with Crippen LogP contribution in [0.15, 0.2) is 24.5 Å². The summed E-state index contributed by atoms with van der Waals surface area (Å²) >= 11 is 6.19. The first kappa shape index (κ1) is 19.5. The molecule has 3 heterocycles. The van der Waals surface area contributed by atoms with Crippen molar-refractivity contribution in [2.75, 3.05) is 6.54 Å². The number of hydrogen-bond donors (Lipinski definition) is 1. The number of likely N-dealkylation sites (tertiary alicyclic amines) is 1. The van der Waals surface area contributed by atoms with E-state index in [1.165, 1.54) is 10.7 Å². The fourth-order valence-electron chi connectivity index (χ4n) is 3.48. The van der Waals surface area contributed by atoms with E-state index in [1.54, 1.807) is 23.2 Å².